The molecule has 1 atom stereocenters. The SMILES string of the molecule is COc1cc2c(c(OC)c1)C(Cc1ccccc1)CC(=O)N2. The molecule has 4 heteroatoms. The molecular weight excluding hydrogens is 278 g/mol. The van der Waals surface area contributed by atoms with Gasteiger partial charge in [-0.15, -0.1) is 0 Å². The third-order valence-electron chi connectivity index (χ3n) is 4.01. The van der Waals surface area contributed by atoms with Gasteiger partial charge in [-0.3, -0.25) is 4.79 Å². The standard InChI is InChI=1S/C18H19NO3/c1-21-14-10-15-18(16(11-14)22-2)13(9-17(20)19-15)8-12-6-4-3-5-7-12/h3-7,10-11,13H,8-9H2,1-2H3,(H,19,20). The first-order chi connectivity index (χ1) is 10.7. The Morgan fingerprint density at radius 1 is 1.14 bits per heavy atom. The van der Waals surface area contributed by atoms with Crippen molar-refractivity contribution >= 4 is 11.6 Å². The van der Waals surface area contributed by atoms with Crippen molar-refractivity contribution in [1.29, 1.82) is 0 Å². The summed E-state index contributed by atoms with van der Waals surface area (Å²) >= 11 is 0. The number of anilines is 1. The summed E-state index contributed by atoms with van der Waals surface area (Å²) in [5, 5.41) is 2.93. The van der Waals surface area contributed by atoms with Crippen LogP contribution in [0.4, 0.5) is 5.69 Å². The van der Waals surface area contributed by atoms with Crippen molar-refractivity contribution in [1.82, 2.24) is 0 Å². The van der Waals surface area contributed by atoms with E-state index in [4.69, 9.17) is 9.47 Å². The molecule has 2 aromatic carbocycles. The molecule has 0 aromatic heterocycles. The fourth-order valence-electron chi connectivity index (χ4n) is 3.01. The predicted molar refractivity (Wildman–Crippen MR) is 85.7 cm³/mol. The Hall–Kier alpha value is -2.49. The predicted octanol–water partition coefficient (Wildman–Crippen LogP) is 3.37. The summed E-state index contributed by atoms with van der Waals surface area (Å²) in [7, 11) is 3.25. The van der Waals surface area contributed by atoms with Gasteiger partial charge in [-0.1, -0.05) is 30.3 Å². The van der Waals surface area contributed by atoms with Crippen LogP contribution in [-0.4, -0.2) is 20.1 Å². The summed E-state index contributed by atoms with van der Waals surface area (Å²) in [6, 6.07) is 13.9. The maximum absolute atomic E-state index is 12.0. The molecule has 0 radical (unpaired) electrons. The molecule has 1 aliphatic heterocycles. The van der Waals surface area contributed by atoms with E-state index in [0.717, 1.165) is 23.4 Å². The molecule has 114 valence electrons. The van der Waals surface area contributed by atoms with Crippen molar-refractivity contribution in [3.63, 3.8) is 0 Å². The molecule has 3 rings (SSSR count). The van der Waals surface area contributed by atoms with Gasteiger partial charge in [-0.25, -0.2) is 0 Å². The highest BCUT2D eigenvalue weighted by molar-refractivity contribution is 5.95. The molecule has 1 unspecified atom stereocenters. The topological polar surface area (TPSA) is 47.6 Å². The fourth-order valence-corrected chi connectivity index (χ4v) is 3.01. The van der Waals surface area contributed by atoms with Gasteiger partial charge in [0.2, 0.25) is 5.91 Å². The molecule has 0 aliphatic carbocycles. The average Bonchev–Trinajstić information content (AvgIpc) is 2.54. The van der Waals surface area contributed by atoms with Crippen LogP contribution in [-0.2, 0) is 11.2 Å². The van der Waals surface area contributed by atoms with E-state index in [-0.39, 0.29) is 11.8 Å². The van der Waals surface area contributed by atoms with Crippen LogP contribution in [0, 0.1) is 0 Å². The number of carbonyl (C=O) groups is 1. The zero-order valence-corrected chi connectivity index (χ0v) is 12.8. The van der Waals surface area contributed by atoms with Gasteiger partial charge in [-0.2, -0.15) is 0 Å². The molecule has 0 bridgehead atoms. The molecule has 1 N–H and O–H groups in total. The van der Waals surface area contributed by atoms with Crippen LogP contribution in [0.15, 0.2) is 42.5 Å². The number of carbonyl (C=O) groups excluding carboxylic acids is 1. The van der Waals surface area contributed by atoms with Crippen LogP contribution >= 0.6 is 0 Å². The highest BCUT2D eigenvalue weighted by atomic mass is 16.5. The van der Waals surface area contributed by atoms with Gasteiger partial charge >= 0.3 is 0 Å². The van der Waals surface area contributed by atoms with Crippen LogP contribution in [0.3, 0.4) is 0 Å². The Kier molecular flexibility index (Phi) is 4.00. The van der Waals surface area contributed by atoms with E-state index in [1.807, 2.05) is 30.3 Å². The Balaban J connectivity index is 2.02. The van der Waals surface area contributed by atoms with Gasteiger partial charge in [0.25, 0.3) is 0 Å². The average molecular weight is 297 g/mol. The molecule has 1 amide bonds. The number of amides is 1. The number of ether oxygens (including phenoxy) is 2. The minimum atomic E-state index is 0.0312. The number of hydrogen-bond donors (Lipinski definition) is 1. The molecular formula is C18H19NO3. The van der Waals surface area contributed by atoms with Crippen LogP contribution in [0.25, 0.3) is 0 Å². The Morgan fingerprint density at radius 2 is 1.91 bits per heavy atom. The quantitative estimate of drug-likeness (QED) is 0.941. The van der Waals surface area contributed by atoms with E-state index in [9.17, 15) is 4.79 Å². The molecule has 0 saturated carbocycles. The zero-order valence-electron chi connectivity index (χ0n) is 12.8. The van der Waals surface area contributed by atoms with Crippen molar-refractivity contribution < 1.29 is 14.3 Å². The monoisotopic (exact) mass is 297 g/mol. The highest BCUT2D eigenvalue weighted by Crippen LogP contribution is 2.43. The summed E-state index contributed by atoms with van der Waals surface area (Å²) in [5.74, 6) is 1.57. The van der Waals surface area contributed by atoms with Crippen LogP contribution < -0.4 is 14.8 Å². The van der Waals surface area contributed by atoms with Gasteiger partial charge in [0.05, 0.1) is 19.9 Å². The van der Waals surface area contributed by atoms with Crippen molar-refractivity contribution in [3.8, 4) is 11.5 Å². The van der Waals surface area contributed by atoms with Crippen LogP contribution in [0.1, 0.15) is 23.5 Å². The van der Waals surface area contributed by atoms with E-state index >= 15 is 0 Å². The van der Waals surface area contributed by atoms with Crippen molar-refractivity contribution in [3.05, 3.63) is 53.6 Å². The van der Waals surface area contributed by atoms with E-state index in [2.05, 4.69) is 17.4 Å². The summed E-state index contributed by atoms with van der Waals surface area (Å²) < 4.78 is 10.8. The molecule has 0 saturated heterocycles. The molecule has 22 heavy (non-hydrogen) atoms. The van der Waals surface area contributed by atoms with Gasteiger partial charge in [0, 0.05) is 30.0 Å². The molecule has 4 nitrogen and oxygen atoms in total. The lowest BCUT2D eigenvalue weighted by atomic mass is 9.85. The van der Waals surface area contributed by atoms with E-state index in [1.54, 1.807) is 14.2 Å². The second-order valence-electron chi connectivity index (χ2n) is 5.43. The number of nitrogens with one attached hydrogen (secondary N) is 1. The molecule has 2 aromatic rings. The largest absolute Gasteiger partial charge is 0.497 e. The van der Waals surface area contributed by atoms with Crippen molar-refractivity contribution in [2.45, 2.75) is 18.8 Å². The third kappa shape index (κ3) is 2.77. The molecule has 0 fully saturated rings. The molecule has 1 aliphatic rings. The minimum absolute atomic E-state index is 0.0312. The molecule has 0 spiro atoms. The fraction of sp³-hybridized carbons (Fsp3) is 0.278. The van der Waals surface area contributed by atoms with E-state index < -0.39 is 0 Å². The first kappa shape index (κ1) is 14.4. The van der Waals surface area contributed by atoms with Crippen molar-refractivity contribution in [2.75, 3.05) is 19.5 Å². The first-order valence-corrected chi connectivity index (χ1v) is 7.31. The maximum atomic E-state index is 12.0. The van der Waals surface area contributed by atoms with Crippen LogP contribution in [0.5, 0.6) is 11.5 Å². The Morgan fingerprint density at radius 3 is 2.59 bits per heavy atom. The van der Waals surface area contributed by atoms with Gasteiger partial charge < -0.3 is 14.8 Å². The number of methoxy groups -OCH3 is 2. The summed E-state index contributed by atoms with van der Waals surface area (Å²) in [4.78, 5) is 12.0. The Bertz CT molecular complexity index is 682. The van der Waals surface area contributed by atoms with Gasteiger partial charge in [-0.05, 0) is 12.0 Å². The van der Waals surface area contributed by atoms with E-state index in [1.165, 1.54) is 5.56 Å². The lowest BCUT2D eigenvalue weighted by Gasteiger charge is -2.28. The zero-order chi connectivity index (χ0) is 15.5. The summed E-state index contributed by atoms with van der Waals surface area (Å²) in [5.41, 5.74) is 3.05. The first-order valence-electron chi connectivity index (χ1n) is 7.31. The number of rotatable bonds is 4. The number of hydrogen-bond acceptors (Lipinski definition) is 3. The highest BCUT2D eigenvalue weighted by Gasteiger charge is 2.29. The molecule has 1 heterocycles. The lowest BCUT2D eigenvalue weighted by Crippen LogP contribution is -2.24. The third-order valence-corrected chi connectivity index (χ3v) is 4.01. The van der Waals surface area contributed by atoms with E-state index in [0.29, 0.717) is 12.2 Å². The maximum Gasteiger partial charge on any atom is 0.225 e. The van der Waals surface area contributed by atoms with Crippen molar-refractivity contribution in [2.24, 2.45) is 0 Å². The lowest BCUT2D eigenvalue weighted by molar-refractivity contribution is -0.116. The second-order valence-corrected chi connectivity index (χ2v) is 5.43. The Labute approximate surface area is 130 Å². The number of fused-ring (bicyclic) bond motifs is 1. The number of benzene rings is 2. The second kappa shape index (κ2) is 6.10. The smallest absolute Gasteiger partial charge is 0.225 e. The van der Waals surface area contributed by atoms with Crippen LogP contribution in [0.2, 0.25) is 0 Å². The minimum Gasteiger partial charge on any atom is -0.497 e. The summed E-state index contributed by atoms with van der Waals surface area (Å²) in [6.07, 6.45) is 1.27. The summed E-state index contributed by atoms with van der Waals surface area (Å²) in [6.45, 7) is 0. The van der Waals surface area contributed by atoms with Gasteiger partial charge in [0.1, 0.15) is 11.5 Å². The van der Waals surface area contributed by atoms with Gasteiger partial charge in [0.15, 0.2) is 0 Å². The normalized spacial score (nSPS) is 16.6.